The Bertz CT molecular complexity index is 1080. The second kappa shape index (κ2) is 6.86. The lowest BCUT2D eigenvalue weighted by molar-refractivity contribution is -0.134. The van der Waals surface area contributed by atoms with E-state index in [1.165, 1.54) is 0 Å². The van der Waals surface area contributed by atoms with Gasteiger partial charge in [-0.3, -0.25) is 14.4 Å². The zero-order chi connectivity index (χ0) is 19.0. The number of amides is 2. The highest BCUT2D eigenvalue weighted by Crippen LogP contribution is 2.18. The summed E-state index contributed by atoms with van der Waals surface area (Å²) in [5.74, 6) is -0.0700. The lowest BCUT2D eigenvalue weighted by Crippen LogP contribution is -2.42. The Kier molecular flexibility index (Phi) is 4.39. The minimum absolute atomic E-state index is 0.0271. The summed E-state index contributed by atoms with van der Waals surface area (Å²) in [6, 6.07) is 7.27. The number of rotatable bonds is 3. The first-order valence-electron chi connectivity index (χ1n) is 9.05. The van der Waals surface area contributed by atoms with Crippen LogP contribution < -0.4 is 10.9 Å². The largest absolute Gasteiger partial charge is 0.352 e. The summed E-state index contributed by atoms with van der Waals surface area (Å²) in [6.07, 6.45) is 3.00. The van der Waals surface area contributed by atoms with E-state index in [9.17, 15) is 14.4 Å². The van der Waals surface area contributed by atoms with E-state index in [2.05, 4.69) is 15.4 Å². The summed E-state index contributed by atoms with van der Waals surface area (Å²) in [4.78, 5) is 40.8. The standard InChI is InChI=1S/C19H21N5O3/c1-12(25)23-8-6-13(7-9-23)18(26)20-10-14-11-21-24-16-5-3-2-4-15(16)19(27)22-17(14)24/h2-5,11,13H,6-10H2,1H3,(H,20,26)(H,22,27). The first-order valence-corrected chi connectivity index (χ1v) is 9.05. The first kappa shape index (κ1) is 17.3. The fourth-order valence-corrected chi connectivity index (χ4v) is 3.64. The smallest absolute Gasteiger partial charge is 0.259 e. The van der Waals surface area contributed by atoms with E-state index >= 15 is 0 Å². The molecule has 0 spiro atoms. The number of benzene rings is 1. The molecule has 1 aliphatic rings. The van der Waals surface area contributed by atoms with E-state index in [1.807, 2.05) is 18.2 Å². The van der Waals surface area contributed by atoms with Crippen molar-refractivity contribution in [3.8, 4) is 0 Å². The molecule has 4 rings (SSSR count). The fourth-order valence-electron chi connectivity index (χ4n) is 3.64. The number of carbonyl (C=O) groups is 2. The molecular formula is C19H21N5O3. The third-order valence-corrected chi connectivity index (χ3v) is 5.22. The first-order chi connectivity index (χ1) is 13.0. The molecule has 8 nitrogen and oxygen atoms in total. The number of piperidine rings is 1. The average Bonchev–Trinajstić information content (AvgIpc) is 3.09. The molecule has 8 heteroatoms. The fraction of sp³-hybridized carbons (Fsp3) is 0.368. The van der Waals surface area contributed by atoms with E-state index in [0.29, 0.717) is 43.5 Å². The van der Waals surface area contributed by atoms with Crippen LogP contribution in [0.2, 0.25) is 0 Å². The van der Waals surface area contributed by atoms with Crippen LogP contribution in [0.3, 0.4) is 0 Å². The summed E-state index contributed by atoms with van der Waals surface area (Å²) in [6.45, 7) is 3.08. The Morgan fingerprint density at radius 3 is 2.74 bits per heavy atom. The highest BCUT2D eigenvalue weighted by Gasteiger charge is 2.26. The zero-order valence-electron chi connectivity index (χ0n) is 15.1. The molecule has 140 valence electrons. The van der Waals surface area contributed by atoms with Crippen molar-refractivity contribution in [1.82, 2.24) is 24.8 Å². The molecule has 0 radical (unpaired) electrons. The average molecular weight is 367 g/mol. The Morgan fingerprint density at radius 1 is 1.26 bits per heavy atom. The number of fused-ring (bicyclic) bond motifs is 3. The van der Waals surface area contributed by atoms with Crippen molar-refractivity contribution in [2.75, 3.05) is 13.1 Å². The molecule has 27 heavy (non-hydrogen) atoms. The molecule has 1 aromatic carbocycles. The molecule has 0 saturated carbocycles. The van der Waals surface area contributed by atoms with Gasteiger partial charge in [-0.1, -0.05) is 12.1 Å². The molecule has 0 atom stereocenters. The van der Waals surface area contributed by atoms with Gasteiger partial charge in [-0.05, 0) is 25.0 Å². The summed E-state index contributed by atoms with van der Waals surface area (Å²) in [5.41, 5.74) is 1.89. The van der Waals surface area contributed by atoms with Crippen molar-refractivity contribution in [3.05, 3.63) is 46.4 Å². The summed E-state index contributed by atoms with van der Waals surface area (Å²) in [5, 5.41) is 7.87. The molecule has 2 aromatic heterocycles. The van der Waals surface area contributed by atoms with Gasteiger partial charge >= 0.3 is 0 Å². The molecule has 3 aromatic rings. The van der Waals surface area contributed by atoms with E-state index in [1.54, 1.807) is 28.6 Å². The van der Waals surface area contributed by atoms with Gasteiger partial charge in [0.05, 0.1) is 17.1 Å². The number of likely N-dealkylation sites (tertiary alicyclic amines) is 1. The van der Waals surface area contributed by atoms with Crippen LogP contribution in [0.4, 0.5) is 0 Å². The maximum Gasteiger partial charge on any atom is 0.259 e. The Morgan fingerprint density at radius 2 is 2.00 bits per heavy atom. The third-order valence-electron chi connectivity index (χ3n) is 5.22. The van der Waals surface area contributed by atoms with Crippen LogP contribution in [0.25, 0.3) is 16.6 Å². The SMILES string of the molecule is CC(=O)N1CCC(C(=O)NCc2cnn3c2[nH]c(=O)c2ccccc23)CC1. The molecular weight excluding hydrogens is 346 g/mol. The van der Waals surface area contributed by atoms with Gasteiger partial charge in [-0.2, -0.15) is 5.10 Å². The van der Waals surface area contributed by atoms with Crippen LogP contribution >= 0.6 is 0 Å². The van der Waals surface area contributed by atoms with Gasteiger partial charge in [-0.25, -0.2) is 4.52 Å². The quantitative estimate of drug-likeness (QED) is 0.723. The lowest BCUT2D eigenvalue weighted by Gasteiger charge is -2.30. The molecule has 0 unspecified atom stereocenters. The highest BCUT2D eigenvalue weighted by atomic mass is 16.2. The number of carbonyl (C=O) groups excluding carboxylic acids is 2. The topological polar surface area (TPSA) is 99.6 Å². The van der Waals surface area contributed by atoms with Gasteiger partial charge in [0.25, 0.3) is 5.56 Å². The highest BCUT2D eigenvalue weighted by molar-refractivity contribution is 5.81. The predicted octanol–water partition coefficient (Wildman–Crippen LogP) is 1.05. The molecule has 2 N–H and O–H groups in total. The maximum atomic E-state index is 12.5. The minimum Gasteiger partial charge on any atom is -0.352 e. The minimum atomic E-state index is -0.178. The van der Waals surface area contributed by atoms with Gasteiger partial charge in [0.2, 0.25) is 11.8 Å². The van der Waals surface area contributed by atoms with Gasteiger partial charge < -0.3 is 15.2 Å². The number of H-pyrrole nitrogens is 1. The van der Waals surface area contributed by atoms with Crippen molar-refractivity contribution in [2.45, 2.75) is 26.3 Å². The van der Waals surface area contributed by atoms with E-state index in [0.717, 1.165) is 11.1 Å². The number of nitrogens with zero attached hydrogens (tertiary/aromatic N) is 3. The van der Waals surface area contributed by atoms with Crippen LogP contribution in [0.15, 0.2) is 35.3 Å². The number of hydrogen-bond donors (Lipinski definition) is 2. The van der Waals surface area contributed by atoms with Crippen LogP contribution in [-0.2, 0) is 16.1 Å². The molecule has 1 fully saturated rings. The van der Waals surface area contributed by atoms with E-state index < -0.39 is 0 Å². The van der Waals surface area contributed by atoms with Crippen molar-refractivity contribution in [3.63, 3.8) is 0 Å². The van der Waals surface area contributed by atoms with Crippen molar-refractivity contribution < 1.29 is 9.59 Å². The number of nitrogens with one attached hydrogen (secondary N) is 2. The summed E-state index contributed by atoms with van der Waals surface area (Å²) in [7, 11) is 0. The second-order valence-electron chi connectivity index (χ2n) is 6.90. The van der Waals surface area contributed by atoms with Crippen LogP contribution in [0, 0.1) is 5.92 Å². The Balaban J connectivity index is 1.49. The van der Waals surface area contributed by atoms with Crippen molar-refractivity contribution in [1.29, 1.82) is 0 Å². The lowest BCUT2D eigenvalue weighted by atomic mass is 9.96. The maximum absolute atomic E-state index is 12.5. The van der Waals surface area contributed by atoms with Crippen molar-refractivity contribution >= 4 is 28.4 Å². The summed E-state index contributed by atoms with van der Waals surface area (Å²) >= 11 is 0. The van der Waals surface area contributed by atoms with Gasteiger partial charge in [0.15, 0.2) is 0 Å². The molecule has 0 aliphatic carbocycles. The number of hydrogen-bond acceptors (Lipinski definition) is 4. The van der Waals surface area contributed by atoms with Gasteiger partial charge in [0, 0.05) is 38.0 Å². The second-order valence-corrected chi connectivity index (χ2v) is 6.90. The zero-order valence-corrected chi connectivity index (χ0v) is 15.1. The number of para-hydroxylation sites is 1. The molecule has 1 saturated heterocycles. The van der Waals surface area contributed by atoms with E-state index in [4.69, 9.17) is 0 Å². The van der Waals surface area contributed by atoms with Gasteiger partial charge in [-0.15, -0.1) is 0 Å². The number of aromatic nitrogens is 3. The molecule has 2 amide bonds. The van der Waals surface area contributed by atoms with Gasteiger partial charge in [0.1, 0.15) is 5.65 Å². The van der Waals surface area contributed by atoms with Crippen LogP contribution in [-0.4, -0.2) is 44.4 Å². The monoisotopic (exact) mass is 367 g/mol. The van der Waals surface area contributed by atoms with Crippen LogP contribution in [0.1, 0.15) is 25.3 Å². The summed E-state index contributed by atoms with van der Waals surface area (Å²) < 4.78 is 1.68. The number of aromatic amines is 1. The molecule has 0 bridgehead atoms. The Hall–Kier alpha value is -3.16. The predicted molar refractivity (Wildman–Crippen MR) is 100 cm³/mol. The van der Waals surface area contributed by atoms with Crippen molar-refractivity contribution in [2.24, 2.45) is 5.92 Å². The van der Waals surface area contributed by atoms with Crippen LogP contribution in [0.5, 0.6) is 0 Å². The molecule has 3 heterocycles. The normalized spacial score (nSPS) is 15.4. The Labute approximate surface area is 155 Å². The van der Waals surface area contributed by atoms with E-state index in [-0.39, 0.29) is 23.3 Å². The molecule has 1 aliphatic heterocycles. The third kappa shape index (κ3) is 3.18.